The molecular weight excluding hydrogens is 599 g/mol. The largest absolute Gasteiger partial charge is 0.384 e. The van der Waals surface area contributed by atoms with Crippen LogP contribution < -0.4 is 11.5 Å². The van der Waals surface area contributed by atoms with Gasteiger partial charge in [-0.1, -0.05) is 97.1 Å². The molecule has 0 aliphatic heterocycles. The Balaban J connectivity index is 1.31. The fourth-order valence-electron chi connectivity index (χ4n) is 5.96. The molecule has 7 nitrogen and oxygen atoms in total. The van der Waals surface area contributed by atoms with Crippen molar-refractivity contribution in [3.63, 3.8) is 0 Å². The summed E-state index contributed by atoms with van der Waals surface area (Å²) in [5.41, 5.74) is 19.1. The Labute approximate surface area is 280 Å². The Hall–Kier alpha value is -5.60. The molecule has 6 aromatic rings. The zero-order valence-electron chi connectivity index (χ0n) is 26.8. The molecule has 0 radical (unpaired) electrons. The number of carbonyl (C=O) groups excluding carboxylic acids is 1. The normalized spacial score (nSPS) is 11.1. The smallest absolute Gasteiger partial charge is 0.254 e. The van der Waals surface area contributed by atoms with E-state index in [1.165, 1.54) is 11.6 Å². The van der Waals surface area contributed by atoms with Crippen LogP contribution in [0.15, 0.2) is 121 Å². The summed E-state index contributed by atoms with van der Waals surface area (Å²) in [6.07, 6.45) is 2.30. The summed E-state index contributed by atoms with van der Waals surface area (Å²) in [4.78, 5) is 20.9. The van der Waals surface area contributed by atoms with Gasteiger partial charge >= 0.3 is 0 Å². The first kappa shape index (κ1) is 32.3. The molecule has 242 valence electrons. The number of benzene rings is 5. The third-order valence-electron chi connectivity index (χ3n) is 8.68. The number of rotatable bonds is 13. The minimum Gasteiger partial charge on any atom is -0.384 e. The van der Waals surface area contributed by atoms with Gasteiger partial charge in [0.05, 0.1) is 11.0 Å². The van der Waals surface area contributed by atoms with Gasteiger partial charge in [0.1, 0.15) is 17.5 Å². The summed E-state index contributed by atoms with van der Waals surface area (Å²) >= 11 is 0. The zero-order valence-corrected chi connectivity index (χ0v) is 26.8. The molecule has 48 heavy (non-hydrogen) atoms. The lowest BCUT2D eigenvalue weighted by atomic mass is 10.1. The van der Waals surface area contributed by atoms with E-state index in [1.54, 1.807) is 23.1 Å². The van der Waals surface area contributed by atoms with E-state index in [2.05, 4.69) is 16.7 Å². The maximum atomic E-state index is 14.8. The monoisotopic (exact) mass is 638 g/mol. The minimum atomic E-state index is -0.345. The maximum absolute atomic E-state index is 14.8. The molecule has 0 fully saturated rings. The van der Waals surface area contributed by atoms with Gasteiger partial charge in [0.15, 0.2) is 0 Å². The lowest BCUT2D eigenvalue weighted by Crippen LogP contribution is -2.30. The van der Waals surface area contributed by atoms with Crippen molar-refractivity contribution >= 4 is 22.8 Å². The van der Waals surface area contributed by atoms with E-state index in [9.17, 15) is 9.18 Å². The molecule has 0 aliphatic rings. The van der Waals surface area contributed by atoms with Gasteiger partial charge in [-0.3, -0.25) is 10.2 Å². The molecular formula is C40H39FN6O. The number of amidine groups is 1. The number of imidazole rings is 1. The van der Waals surface area contributed by atoms with Gasteiger partial charge in [-0.15, -0.1) is 0 Å². The first-order valence-corrected chi connectivity index (χ1v) is 16.1. The van der Waals surface area contributed by atoms with Crippen LogP contribution in [0.1, 0.15) is 49.6 Å². The van der Waals surface area contributed by atoms with Crippen molar-refractivity contribution in [2.45, 2.75) is 45.4 Å². The van der Waals surface area contributed by atoms with Crippen LogP contribution in [0.5, 0.6) is 0 Å². The Morgan fingerprint density at radius 1 is 0.729 bits per heavy atom. The number of halogens is 1. The van der Waals surface area contributed by atoms with E-state index in [0.717, 1.165) is 52.9 Å². The summed E-state index contributed by atoms with van der Waals surface area (Å²) in [7, 11) is 0. The van der Waals surface area contributed by atoms with Gasteiger partial charge in [0.25, 0.3) is 5.91 Å². The molecule has 0 unspecified atom stereocenters. The molecule has 1 aromatic heterocycles. The van der Waals surface area contributed by atoms with Gasteiger partial charge in [-0.25, -0.2) is 9.37 Å². The first-order chi connectivity index (χ1) is 23.4. The molecule has 0 spiro atoms. The topological polar surface area (TPSA) is 114 Å². The molecule has 0 atom stereocenters. The Kier molecular flexibility index (Phi) is 10.0. The van der Waals surface area contributed by atoms with Crippen LogP contribution in [0.25, 0.3) is 11.0 Å². The molecule has 1 heterocycles. The van der Waals surface area contributed by atoms with E-state index in [-0.39, 0.29) is 24.1 Å². The Morgan fingerprint density at radius 3 is 2.08 bits per heavy atom. The number of amides is 1. The first-order valence-electron chi connectivity index (χ1n) is 16.1. The summed E-state index contributed by atoms with van der Waals surface area (Å²) < 4.78 is 17.0. The summed E-state index contributed by atoms with van der Waals surface area (Å²) in [5.74, 6) is 0.437. The summed E-state index contributed by atoms with van der Waals surface area (Å²) in [5, 5.41) is 7.68. The van der Waals surface area contributed by atoms with E-state index < -0.39 is 0 Å². The fraction of sp³-hybridized carbons (Fsp3) is 0.175. The molecule has 0 saturated carbocycles. The minimum absolute atomic E-state index is 0.0478. The molecule has 0 bridgehead atoms. The van der Waals surface area contributed by atoms with Gasteiger partial charge in [0.2, 0.25) is 0 Å². The second-order valence-corrected chi connectivity index (χ2v) is 12.0. The van der Waals surface area contributed by atoms with Gasteiger partial charge in [-0.05, 0) is 59.4 Å². The Bertz CT molecular complexity index is 2020. The molecule has 8 heteroatoms. The van der Waals surface area contributed by atoms with Crippen LogP contribution >= 0.6 is 0 Å². The molecule has 0 aliphatic carbocycles. The average Bonchev–Trinajstić information content (AvgIpc) is 3.47. The molecule has 5 aromatic carbocycles. The highest BCUT2D eigenvalue weighted by molar-refractivity contribution is 5.97. The number of aryl methyl sites for hydroxylation is 4. The number of nitrogens with one attached hydrogen (secondary N) is 1. The van der Waals surface area contributed by atoms with Crippen LogP contribution in [0.2, 0.25) is 0 Å². The third kappa shape index (κ3) is 7.67. The number of nitrogens with zero attached hydrogens (tertiary/aromatic N) is 3. The standard InChI is InChI=1S/C40H39FN6O/c41-35-9-5-4-8-34(35)27-46(26-31-12-10-30(25-42)11-13-31)40(48)33-19-20-37-36(24-33)45-38(47(37)23-22-28-6-2-1-3-7-28)21-16-29-14-17-32(18-15-29)39(43)44/h1-15,17-20,24H,16,21-23,25-27,42H2,(H3,43,44). The SMILES string of the molecule is N=C(N)c1ccc(CCc2nc3cc(C(=O)N(Cc4ccc(CN)cc4)Cc4ccccc4F)ccc3n2CCc2ccccc2)cc1. The summed E-state index contributed by atoms with van der Waals surface area (Å²) in [6.45, 7) is 1.62. The van der Waals surface area contributed by atoms with E-state index in [4.69, 9.17) is 21.9 Å². The van der Waals surface area contributed by atoms with Crippen molar-refractivity contribution in [2.75, 3.05) is 0 Å². The van der Waals surface area contributed by atoms with Crippen LogP contribution in [-0.2, 0) is 45.4 Å². The highest BCUT2D eigenvalue weighted by Gasteiger charge is 2.21. The number of aromatic nitrogens is 2. The van der Waals surface area contributed by atoms with Crippen molar-refractivity contribution in [1.29, 1.82) is 5.41 Å². The predicted octanol–water partition coefficient (Wildman–Crippen LogP) is 6.79. The number of hydrogen-bond acceptors (Lipinski definition) is 4. The highest BCUT2D eigenvalue weighted by atomic mass is 19.1. The number of carbonyl (C=O) groups is 1. The molecule has 0 saturated heterocycles. The van der Waals surface area contributed by atoms with Crippen LogP contribution in [0.4, 0.5) is 4.39 Å². The third-order valence-corrected chi connectivity index (χ3v) is 8.68. The second kappa shape index (κ2) is 14.9. The van der Waals surface area contributed by atoms with E-state index in [1.807, 2.05) is 84.9 Å². The van der Waals surface area contributed by atoms with Crippen molar-refractivity contribution in [3.05, 3.63) is 172 Å². The number of fused-ring (bicyclic) bond motifs is 1. The van der Waals surface area contributed by atoms with Crippen molar-refractivity contribution in [1.82, 2.24) is 14.5 Å². The Morgan fingerprint density at radius 2 is 1.38 bits per heavy atom. The quantitative estimate of drug-likeness (QED) is 0.0955. The predicted molar refractivity (Wildman–Crippen MR) is 189 cm³/mol. The average molecular weight is 639 g/mol. The summed E-state index contributed by atoms with van der Waals surface area (Å²) in [6, 6.07) is 38.2. The van der Waals surface area contributed by atoms with Crippen LogP contribution in [0, 0.1) is 11.2 Å². The number of hydrogen-bond donors (Lipinski definition) is 3. The van der Waals surface area contributed by atoms with Crippen molar-refractivity contribution < 1.29 is 9.18 Å². The molecule has 1 amide bonds. The number of nitrogen functional groups attached to an aromatic ring is 1. The maximum Gasteiger partial charge on any atom is 0.254 e. The van der Waals surface area contributed by atoms with Gasteiger partial charge in [0, 0.05) is 49.3 Å². The van der Waals surface area contributed by atoms with E-state index >= 15 is 0 Å². The zero-order chi connectivity index (χ0) is 33.5. The molecule has 5 N–H and O–H groups in total. The number of nitrogens with two attached hydrogens (primary N) is 2. The van der Waals surface area contributed by atoms with Crippen LogP contribution in [0.3, 0.4) is 0 Å². The lowest BCUT2D eigenvalue weighted by molar-refractivity contribution is 0.0728. The van der Waals surface area contributed by atoms with Crippen molar-refractivity contribution in [2.24, 2.45) is 11.5 Å². The van der Waals surface area contributed by atoms with Crippen molar-refractivity contribution in [3.8, 4) is 0 Å². The highest BCUT2D eigenvalue weighted by Crippen LogP contribution is 2.23. The second-order valence-electron chi connectivity index (χ2n) is 12.0. The van der Waals surface area contributed by atoms with Crippen LogP contribution in [-0.4, -0.2) is 26.2 Å². The fourth-order valence-corrected chi connectivity index (χ4v) is 5.96. The van der Waals surface area contributed by atoms with E-state index in [0.29, 0.717) is 36.2 Å². The van der Waals surface area contributed by atoms with Gasteiger partial charge < -0.3 is 20.9 Å². The lowest BCUT2D eigenvalue weighted by Gasteiger charge is -2.24. The van der Waals surface area contributed by atoms with Gasteiger partial charge in [-0.2, -0.15) is 0 Å². The molecule has 6 rings (SSSR count).